The quantitative estimate of drug-likeness (QED) is 0.575. The second-order valence-corrected chi connectivity index (χ2v) is 9.38. The molecule has 1 fully saturated rings. The normalized spacial score (nSPS) is 26.9. The van der Waals surface area contributed by atoms with Gasteiger partial charge >= 0.3 is 0 Å². The lowest BCUT2D eigenvalue weighted by Gasteiger charge is -2.27. The standard InChI is InChI=1S/C16H28N6O2S/c1-3-12(2)20-16(17-8-13-6-7-25(23,24)10-13)21-14-4-5-15-18-11-19-22(15)9-14/h11-14H,3-10H2,1-2H3,(H2,17,20,21). The Balaban J connectivity index is 1.62. The van der Waals surface area contributed by atoms with Crippen molar-refractivity contribution in [2.45, 2.75) is 58.2 Å². The molecule has 1 aromatic rings. The van der Waals surface area contributed by atoms with E-state index in [9.17, 15) is 8.42 Å². The van der Waals surface area contributed by atoms with Crippen LogP contribution >= 0.6 is 0 Å². The molecule has 3 unspecified atom stereocenters. The number of guanidine groups is 1. The zero-order valence-electron chi connectivity index (χ0n) is 15.0. The number of sulfone groups is 1. The number of fused-ring (bicyclic) bond motifs is 1. The van der Waals surface area contributed by atoms with Crippen LogP contribution in [-0.2, 0) is 22.8 Å². The van der Waals surface area contributed by atoms with Gasteiger partial charge in [-0.1, -0.05) is 6.92 Å². The van der Waals surface area contributed by atoms with Crippen LogP contribution in [0.3, 0.4) is 0 Å². The molecule has 0 radical (unpaired) electrons. The van der Waals surface area contributed by atoms with E-state index in [1.165, 1.54) is 0 Å². The molecule has 0 bridgehead atoms. The van der Waals surface area contributed by atoms with E-state index in [4.69, 9.17) is 0 Å². The summed E-state index contributed by atoms with van der Waals surface area (Å²) in [6.45, 7) is 5.56. The van der Waals surface area contributed by atoms with Crippen molar-refractivity contribution < 1.29 is 8.42 Å². The average Bonchev–Trinajstić information content (AvgIpc) is 3.17. The van der Waals surface area contributed by atoms with Crippen molar-refractivity contribution in [2.24, 2.45) is 10.9 Å². The van der Waals surface area contributed by atoms with Crippen LogP contribution in [0.2, 0.25) is 0 Å². The monoisotopic (exact) mass is 368 g/mol. The first kappa shape index (κ1) is 18.2. The van der Waals surface area contributed by atoms with Gasteiger partial charge in [-0.2, -0.15) is 5.10 Å². The van der Waals surface area contributed by atoms with Crippen molar-refractivity contribution >= 4 is 15.8 Å². The van der Waals surface area contributed by atoms with Gasteiger partial charge < -0.3 is 10.6 Å². The second kappa shape index (κ2) is 7.72. The number of rotatable bonds is 5. The van der Waals surface area contributed by atoms with Crippen molar-refractivity contribution in [3.8, 4) is 0 Å². The van der Waals surface area contributed by atoms with E-state index in [1.54, 1.807) is 6.33 Å². The summed E-state index contributed by atoms with van der Waals surface area (Å²) in [4.78, 5) is 8.94. The van der Waals surface area contributed by atoms with E-state index >= 15 is 0 Å². The number of hydrogen-bond donors (Lipinski definition) is 2. The van der Waals surface area contributed by atoms with Gasteiger partial charge in [-0.3, -0.25) is 4.99 Å². The van der Waals surface area contributed by atoms with Crippen LogP contribution in [0.15, 0.2) is 11.3 Å². The third-order valence-electron chi connectivity index (χ3n) is 4.98. The molecule has 0 aromatic carbocycles. The maximum Gasteiger partial charge on any atom is 0.191 e. The number of aromatic nitrogens is 3. The molecule has 0 spiro atoms. The maximum atomic E-state index is 11.6. The minimum Gasteiger partial charge on any atom is -0.354 e. The summed E-state index contributed by atoms with van der Waals surface area (Å²) in [5, 5.41) is 11.2. The maximum absolute atomic E-state index is 11.6. The van der Waals surface area contributed by atoms with Gasteiger partial charge in [0.25, 0.3) is 0 Å². The molecule has 1 aromatic heterocycles. The Bertz CT molecular complexity index is 714. The summed E-state index contributed by atoms with van der Waals surface area (Å²) in [6, 6.07) is 0.556. The molecule has 3 heterocycles. The number of nitrogens with zero attached hydrogens (tertiary/aromatic N) is 4. The highest BCUT2D eigenvalue weighted by molar-refractivity contribution is 7.91. The zero-order chi connectivity index (χ0) is 17.9. The summed E-state index contributed by atoms with van der Waals surface area (Å²) in [7, 11) is -2.85. The lowest BCUT2D eigenvalue weighted by atomic mass is 10.1. The van der Waals surface area contributed by atoms with Crippen LogP contribution in [-0.4, -0.2) is 59.3 Å². The smallest absolute Gasteiger partial charge is 0.191 e. The highest BCUT2D eigenvalue weighted by Gasteiger charge is 2.28. The van der Waals surface area contributed by atoms with Crippen molar-refractivity contribution in [1.29, 1.82) is 0 Å². The minimum atomic E-state index is -2.85. The molecule has 3 rings (SSSR count). The molecular weight excluding hydrogens is 340 g/mol. The van der Waals surface area contributed by atoms with Crippen LogP contribution < -0.4 is 10.6 Å². The first-order valence-corrected chi connectivity index (χ1v) is 10.9. The summed E-state index contributed by atoms with van der Waals surface area (Å²) in [6.07, 6.45) is 5.20. The third kappa shape index (κ3) is 4.93. The van der Waals surface area contributed by atoms with Crippen molar-refractivity contribution in [1.82, 2.24) is 25.4 Å². The average molecular weight is 369 g/mol. The highest BCUT2D eigenvalue weighted by Crippen LogP contribution is 2.18. The third-order valence-corrected chi connectivity index (χ3v) is 6.81. The van der Waals surface area contributed by atoms with Gasteiger partial charge in [-0.15, -0.1) is 0 Å². The van der Waals surface area contributed by atoms with Crippen molar-refractivity contribution in [3.63, 3.8) is 0 Å². The zero-order valence-corrected chi connectivity index (χ0v) is 15.8. The summed E-state index contributed by atoms with van der Waals surface area (Å²) < 4.78 is 25.2. The van der Waals surface area contributed by atoms with Crippen LogP contribution in [0.1, 0.15) is 38.9 Å². The highest BCUT2D eigenvalue weighted by atomic mass is 32.2. The lowest BCUT2D eigenvalue weighted by molar-refractivity contribution is 0.390. The molecular formula is C16H28N6O2S. The van der Waals surface area contributed by atoms with Gasteiger partial charge in [0, 0.05) is 25.0 Å². The predicted octanol–water partition coefficient (Wildman–Crippen LogP) is 0.361. The van der Waals surface area contributed by atoms with Crippen molar-refractivity contribution in [2.75, 3.05) is 18.1 Å². The Morgan fingerprint density at radius 1 is 1.48 bits per heavy atom. The fourth-order valence-corrected chi connectivity index (χ4v) is 5.10. The number of nitrogens with one attached hydrogen (secondary N) is 2. The van der Waals surface area contributed by atoms with E-state index in [0.717, 1.165) is 37.6 Å². The predicted molar refractivity (Wildman–Crippen MR) is 97.2 cm³/mol. The fraction of sp³-hybridized carbons (Fsp3) is 0.812. The molecule has 2 N–H and O–H groups in total. The number of aliphatic imine (C=N–C) groups is 1. The summed E-state index contributed by atoms with van der Waals surface area (Å²) >= 11 is 0. The van der Waals surface area contributed by atoms with Gasteiger partial charge in [0.05, 0.1) is 18.1 Å². The molecule has 0 amide bonds. The van der Waals surface area contributed by atoms with Crippen LogP contribution in [0.4, 0.5) is 0 Å². The number of hydrogen-bond acceptors (Lipinski definition) is 5. The molecule has 3 atom stereocenters. The Labute approximate surface area is 149 Å². The van der Waals surface area contributed by atoms with E-state index in [-0.39, 0.29) is 17.7 Å². The van der Waals surface area contributed by atoms with Gasteiger partial charge in [0.2, 0.25) is 0 Å². The molecule has 8 nitrogen and oxygen atoms in total. The minimum absolute atomic E-state index is 0.133. The number of aryl methyl sites for hydroxylation is 1. The van der Waals surface area contributed by atoms with Crippen LogP contribution in [0, 0.1) is 5.92 Å². The van der Waals surface area contributed by atoms with Gasteiger partial charge in [-0.05, 0) is 32.1 Å². The molecule has 2 aliphatic rings. The Morgan fingerprint density at radius 2 is 2.32 bits per heavy atom. The van der Waals surface area contributed by atoms with Gasteiger partial charge in [0.15, 0.2) is 15.8 Å². The van der Waals surface area contributed by atoms with Crippen molar-refractivity contribution in [3.05, 3.63) is 12.2 Å². The first-order chi connectivity index (χ1) is 11.9. The second-order valence-electron chi connectivity index (χ2n) is 7.15. The molecule has 1 saturated heterocycles. The summed E-state index contributed by atoms with van der Waals surface area (Å²) in [5.74, 6) is 2.49. The fourth-order valence-electron chi connectivity index (χ4n) is 3.25. The Morgan fingerprint density at radius 3 is 3.04 bits per heavy atom. The van der Waals surface area contributed by atoms with E-state index < -0.39 is 9.84 Å². The topological polar surface area (TPSA) is 101 Å². The Hall–Kier alpha value is -1.64. The molecule has 0 aliphatic carbocycles. The Kier molecular flexibility index (Phi) is 5.61. The van der Waals surface area contributed by atoms with Gasteiger partial charge in [-0.25, -0.2) is 18.1 Å². The molecule has 0 saturated carbocycles. The van der Waals surface area contributed by atoms with E-state index in [1.807, 2.05) is 4.68 Å². The summed E-state index contributed by atoms with van der Waals surface area (Å²) in [5.41, 5.74) is 0. The molecule has 9 heteroatoms. The van der Waals surface area contributed by atoms with Gasteiger partial charge in [0.1, 0.15) is 12.2 Å². The van der Waals surface area contributed by atoms with Crippen LogP contribution in [0.25, 0.3) is 0 Å². The first-order valence-electron chi connectivity index (χ1n) is 9.10. The largest absolute Gasteiger partial charge is 0.354 e. The molecule has 140 valence electrons. The lowest BCUT2D eigenvalue weighted by Crippen LogP contribution is -2.49. The van der Waals surface area contributed by atoms with Crippen LogP contribution in [0.5, 0.6) is 0 Å². The molecule has 25 heavy (non-hydrogen) atoms. The van der Waals surface area contributed by atoms with E-state index in [2.05, 4.69) is 39.6 Å². The van der Waals surface area contributed by atoms with E-state index in [0.29, 0.717) is 24.8 Å². The molecule has 2 aliphatic heterocycles. The SMILES string of the molecule is CCC(C)NC(=NCC1CCS(=O)(=O)C1)NC1CCc2ncnn2C1.